The van der Waals surface area contributed by atoms with E-state index in [9.17, 15) is 9.59 Å². The molecule has 5 heteroatoms. The number of rotatable bonds is 8. The minimum absolute atomic E-state index is 0.123. The minimum atomic E-state index is -0.291. The van der Waals surface area contributed by atoms with Crippen LogP contribution in [0.1, 0.15) is 42.5 Å². The Morgan fingerprint density at radius 2 is 1.67 bits per heavy atom. The van der Waals surface area contributed by atoms with E-state index in [0.29, 0.717) is 30.8 Å². The topological polar surface area (TPSA) is 58.6 Å². The van der Waals surface area contributed by atoms with Crippen LogP contribution in [-0.4, -0.2) is 36.0 Å². The maximum atomic E-state index is 13.2. The van der Waals surface area contributed by atoms with Crippen LogP contribution in [0.15, 0.2) is 48.2 Å². The van der Waals surface area contributed by atoms with Gasteiger partial charge in [0.2, 0.25) is 0 Å². The second kappa shape index (κ2) is 9.26. The number of nitrogens with zero attached hydrogens (tertiary/aromatic N) is 1. The summed E-state index contributed by atoms with van der Waals surface area (Å²) in [4.78, 5) is 27.8. The predicted molar refractivity (Wildman–Crippen MR) is 120 cm³/mol. The number of benzene rings is 2. The fourth-order valence-corrected chi connectivity index (χ4v) is 3.45. The normalized spacial score (nSPS) is 14.3. The predicted octanol–water partition coefficient (Wildman–Crippen LogP) is 4.62. The molecular weight excluding hydrogens is 376 g/mol. The summed E-state index contributed by atoms with van der Waals surface area (Å²) in [6.45, 7) is 10.8. The van der Waals surface area contributed by atoms with E-state index in [1.807, 2.05) is 77.1 Å². The molecule has 0 aromatic heterocycles. The number of aryl methyl sites for hydroxylation is 2. The molecule has 0 fully saturated rings. The third-order valence-corrected chi connectivity index (χ3v) is 5.35. The van der Waals surface area contributed by atoms with Crippen molar-refractivity contribution in [1.29, 1.82) is 0 Å². The summed E-state index contributed by atoms with van der Waals surface area (Å²) in [5, 5.41) is 3.27. The van der Waals surface area contributed by atoms with Crippen molar-refractivity contribution in [3.05, 3.63) is 70.4 Å². The van der Waals surface area contributed by atoms with E-state index in [-0.39, 0.29) is 17.9 Å². The molecule has 1 aliphatic heterocycles. The molecule has 0 atom stereocenters. The average molecular weight is 407 g/mol. The number of carbonyl (C=O) groups is 2. The summed E-state index contributed by atoms with van der Waals surface area (Å²) in [6, 6.07) is 13.6. The highest BCUT2D eigenvalue weighted by atomic mass is 16.5. The maximum Gasteiger partial charge on any atom is 0.278 e. The fourth-order valence-electron chi connectivity index (χ4n) is 3.45. The van der Waals surface area contributed by atoms with Crippen molar-refractivity contribution in [3.63, 3.8) is 0 Å². The summed E-state index contributed by atoms with van der Waals surface area (Å²) in [6.07, 6.45) is 0.728. The third-order valence-electron chi connectivity index (χ3n) is 5.35. The Bertz CT molecular complexity index is 974. The van der Waals surface area contributed by atoms with Crippen LogP contribution in [0.2, 0.25) is 0 Å². The number of imide groups is 1. The van der Waals surface area contributed by atoms with Crippen LogP contribution in [0.3, 0.4) is 0 Å². The van der Waals surface area contributed by atoms with Crippen molar-refractivity contribution in [1.82, 2.24) is 4.90 Å². The van der Waals surface area contributed by atoms with E-state index in [0.717, 1.165) is 27.9 Å². The van der Waals surface area contributed by atoms with Gasteiger partial charge in [-0.1, -0.05) is 42.0 Å². The van der Waals surface area contributed by atoms with Crippen LogP contribution in [0.5, 0.6) is 0 Å². The second-order valence-corrected chi connectivity index (χ2v) is 8.02. The molecule has 2 aromatic rings. The lowest BCUT2D eigenvalue weighted by Crippen LogP contribution is -2.34. The lowest BCUT2D eigenvalue weighted by atomic mass is 10.0. The Balaban J connectivity index is 1.94. The van der Waals surface area contributed by atoms with Crippen LogP contribution in [0.25, 0.3) is 5.57 Å². The zero-order chi connectivity index (χ0) is 21.8. The number of amides is 2. The number of hydrogen-bond donors (Lipinski definition) is 1. The van der Waals surface area contributed by atoms with Gasteiger partial charge in [0.15, 0.2) is 0 Å². The molecule has 0 spiro atoms. The van der Waals surface area contributed by atoms with Crippen LogP contribution in [0.4, 0.5) is 5.69 Å². The highest BCUT2D eigenvalue weighted by Gasteiger charge is 2.39. The minimum Gasteiger partial charge on any atom is -0.379 e. The van der Waals surface area contributed by atoms with Gasteiger partial charge in [0.1, 0.15) is 5.70 Å². The Kier molecular flexibility index (Phi) is 6.73. The first-order valence-electron chi connectivity index (χ1n) is 10.4. The summed E-state index contributed by atoms with van der Waals surface area (Å²) in [7, 11) is 0. The van der Waals surface area contributed by atoms with Crippen molar-refractivity contribution in [2.75, 3.05) is 18.5 Å². The summed E-state index contributed by atoms with van der Waals surface area (Å²) in [5.41, 5.74) is 5.61. The molecule has 2 amide bonds. The molecule has 1 N–H and O–H groups in total. The molecule has 3 rings (SSSR count). The molecule has 0 saturated carbocycles. The standard InChI is InChI=1S/C25H30N2O3/c1-16(2)30-15-7-14-27-24(28)22(20-12-10-17(3)11-13-20)23(25(27)29)26-21-9-6-8-18(4)19(21)5/h6,8-13,16,26H,7,14-15H2,1-5H3. The molecule has 1 heterocycles. The Labute approximate surface area is 178 Å². The second-order valence-electron chi connectivity index (χ2n) is 8.02. The molecular formula is C25H30N2O3. The quantitative estimate of drug-likeness (QED) is 0.513. The average Bonchev–Trinajstić information content (AvgIpc) is 2.93. The van der Waals surface area contributed by atoms with Gasteiger partial charge >= 0.3 is 0 Å². The third kappa shape index (κ3) is 4.62. The van der Waals surface area contributed by atoms with Gasteiger partial charge in [0.25, 0.3) is 11.8 Å². The molecule has 1 aliphatic rings. The number of hydrogen-bond acceptors (Lipinski definition) is 4. The van der Waals surface area contributed by atoms with Gasteiger partial charge in [-0.25, -0.2) is 0 Å². The molecule has 30 heavy (non-hydrogen) atoms. The largest absolute Gasteiger partial charge is 0.379 e. The Hall–Kier alpha value is -2.92. The zero-order valence-electron chi connectivity index (χ0n) is 18.4. The number of nitrogens with one attached hydrogen (secondary N) is 1. The summed E-state index contributed by atoms with van der Waals surface area (Å²) >= 11 is 0. The number of carbonyl (C=O) groups excluding carboxylic acids is 2. The summed E-state index contributed by atoms with van der Waals surface area (Å²) < 4.78 is 5.57. The van der Waals surface area contributed by atoms with Crippen molar-refractivity contribution >= 4 is 23.1 Å². The van der Waals surface area contributed by atoms with Crippen LogP contribution in [-0.2, 0) is 14.3 Å². The molecule has 5 nitrogen and oxygen atoms in total. The van der Waals surface area contributed by atoms with E-state index >= 15 is 0 Å². The fraction of sp³-hybridized carbons (Fsp3) is 0.360. The van der Waals surface area contributed by atoms with E-state index in [2.05, 4.69) is 5.32 Å². The van der Waals surface area contributed by atoms with E-state index in [1.165, 1.54) is 4.90 Å². The van der Waals surface area contributed by atoms with E-state index in [4.69, 9.17) is 4.74 Å². The lowest BCUT2D eigenvalue weighted by Gasteiger charge is -2.16. The van der Waals surface area contributed by atoms with Gasteiger partial charge in [-0.05, 0) is 63.8 Å². The van der Waals surface area contributed by atoms with Crippen molar-refractivity contribution in [2.24, 2.45) is 0 Å². The molecule has 0 saturated heterocycles. The van der Waals surface area contributed by atoms with Gasteiger partial charge in [-0.15, -0.1) is 0 Å². The monoisotopic (exact) mass is 406 g/mol. The Morgan fingerprint density at radius 1 is 0.967 bits per heavy atom. The van der Waals surface area contributed by atoms with Crippen molar-refractivity contribution in [3.8, 4) is 0 Å². The van der Waals surface area contributed by atoms with Crippen LogP contribution in [0, 0.1) is 20.8 Å². The highest BCUT2D eigenvalue weighted by molar-refractivity contribution is 6.36. The van der Waals surface area contributed by atoms with Crippen molar-refractivity contribution in [2.45, 2.75) is 47.1 Å². The van der Waals surface area contributed by atoms with E-state index in [1.54, 1.807) is 0 Å². The SMILES string of the molecule is Cc1ccc(C2=C(Nc3cccc(C)c3C)C(=O)N(CCCOC(C)C)C2=O)cc1. The molecule has 0 unspecified atom stereocenters. The first-order valence-corrected chi connectivity index (χ1v) is 10.4. The number of anilines is 1. The van der Waals surface area contributed by atoms with Crippen LogP contribution >= 0.6 is 0 Å². The molecule has 158 valence electrons. The van der Waals surface area contributed by atoms with Crippen LogP contribution < -0.4 is 5.32 Å². The Morgan fingerprint density at radius 3 is 2.33 bits per heavy atom. The lowest BCUT2D eigenvalue weighted by molar-refractivity contribution is -0.137. The summed E-state index contributed by atoms with van der Waals surface area (Å²) in [5.74, 6) is -0.553. The molecule has 0 bridgehead atoms. The smallest absolute Gasteiger partial charge is 0.278 e. The maximum absolute atomic E-state index is 13.2. The zero-order valence-corrected chi connectivity index (χ0v) is 18.4. The molecule has 2 aromatic carbocycles. The van der Waals surface area contributed by atoms with Gasteiger partial charge in [-0.3, -0.25) is 14.5 Å². The van der Waals surface area contributed by atoms with Gasteiger partial charge in [0, 0.05) is 18.8 Å². The van der Waals surface area contributed by atoms with E-state index < -0.39 is 0 Å². The first kappa shape index (κ1) is 21.8. The van der Waals surface area contributed by atoms with Gasteiger partial charge in [0.05, 0.1) is 11.7 Å². The van der Waals surface area contributed by atoms with Crippen molar-refractivity contribution < 1.29 is 14.3 Å². The first-order chi connectivity index (χ1) is 14.3. The highest BCUT2D eigenvalue weighted by Crippen LogP contribution is 2.32. The van der Waals surface area contributed by atoms with Gasteiger partial charge < -0.3 is 10.1 Å². The number of ether oxygens (including phenoxy) is 1. The molecule has 0 aliphatic carbocycles. The van der Waals surface area contributed by atoms with Gasteiger partial charge in [-0.2, -0.15) is 0 Å². The molecule has 0 radical (unpaired) electrons.